The Morgan fingerprint density at radius 1 is 0.717 bits per heavy atom. The monoisotopic (exact) mass is 770 g/mol. The van der Waals surface area contributed by atoms with Crippen LogP contribution in [0.5, 0.6) is 0 Å². The van der Waals surface area contributed by atoms with Gasteiger partial charge in [0, 0.05) is 17.8 Å². The van der Waals surface area contributed by atoms with Crippen molar-refractivity contribution in [2.24, 2.45) is 29.6 Å². The maximum atomic E-state index is 10.00. The highest BCUT2D eigenvalue weighted by molar-refractivity contribution is 8.20. The van der Waals surface area contributed by atoms with E-state index in [1.807, 2.05) is 27.5 Å². The molecule has 3 aliphatic heterocycles. The van der Waals surface area contributed by atoms with Crippen LogP contribution in [0.15, 0.2) is 0 Å². The Labute approximate surface area is 308 Å². The summed E-state index contributed by atoms with van der Waals surface area (Å²) in [6.45, 7) is 20.9. The van der Waals surface area contributed by atoms with Crippen molar-refractivity contribution in [2.75, 3.05) is 13.2 Å². The number of hydrogen-bond acceptors (Lipinski definition) is 11. The second-order valence-electron chi connectivity index (χ2n) is 12.6. The first-order chi connectivity index (χ1) is 23.1. The highest BCUT2D eigenvalue weighted by Gasteiger charge is 2.47. The van der Waals surface area contributed by atoms with Crippen molar-refractivity contribution in [1.29, 1.82) is 5.53 Å². The SMILES string of the molecule is [2H]B(P)S.[2H]B(P)S.[3H]OCC1OC(C)C(O)C(OB(C)P)C1C.[3H]OCC1OC(C)C(OC2OC(C)C(C)C(C)C2C)C(OB(C)P)C1C. The topological polar surface area (TPSA) is 116 Å². The lowest BCUT2D eigenvalue weighted by atomic mass is 9.79. The van der Waals surface area contributed by atoms with Gasteiger partial charge < -0.3 is 43.6 Å². The van der Waals surface area contributed by atoms with Crippen LogP contribution in [0.3, 0.4) is 0 Å². The molecule has 19 heteroatoms. The Bertz CT molecular complexity index is 893. The van der Waals surface area contributed by atoms with Crippen molar-refractivity contribution in [2.45, 2.75) is 130 Å². The van der Waals surface area contributed by atoms with Gasteiger partial charge in [-0.25, -0.2) is 25.0 Å². The molecule has 9 nitrogen and oxygen atoms in total. The van der Waals surface area contributed by atoms with Crippen LogP contribution in [-0.4, -0.2) is 121 Å². The molecule has 46 heavy (non-hydrogen) atoms. The predicted octanol–water partition coefficient (Wildman–Crippen LogP) is 3.08. The highest BCUT2D eigenvalue weighted by atomic mass is 32.1. The van der Waals surface area contributed by atoms with Crippen LogP contribution in [-0.2, 0) is 28.3 Å². The Balaban J connectivity index is 0.000000846. The molecule has 19 unspecified atom stereocenters. The van der Waals surface area contributed by atoms with Gasteiger partial charge in [0.1, 0.15) is 12.2 Å². The van der Waals surface area contributed by atoms with Crippen LogP contribution in [0.2, 0.25) is 13.6 Å². The number of hydrogen-bond donors (Lipinski definition) is 5. The fourth-order valence-corrected chi connectivity index (χ4v) is 6.28. The van der Waals surface area contributed by atoms with Gasteiger partial charge in [0.05, 0.1) is 55.9 Å². The molecule has 0 saturated carbocycles. The fraction of sp³-hybridized carbons (Fsp3) is 1.00. The minimum atomic E-state index is -0.639. The predicted molar refractivity (Wildman–Crippen MR) is 218 cm³/mol. The van der Waals surface area contributed by atoms with E-state index in [0.717, 1.165) is 0 Å². The molecule has 0 aromatic carbocycles. The zero-order valence-corrected chi connectivity index (χ0v) is 35.7. The summed E-state index contributed by atoms with van der Waals surface area (Å²) in [6.07, 6.45) is -2.87. The van der Waals surface area contributed by atoms with E-state index < -0.39 is 6.10 Å². The largest absolute Gasteiger partial charge is 0.426 e. The lowest BCUT2D eigenvalue weighted by Crippen LogP contribution is -2.58. The average molecular weight is 770 g/mol. The molecule has 0 aromatic heterocycles. The Morgan fingerprint density at radius 2 is 1.15 bits per heavy atom. The number of aliphatic hydroxyl groups excluding tert-OH is 3. The van der Waals surface area contributed by atoms with Crippen LogP contribution >= 0.6 is 61.4 Å². The van der Waals surface area contributed by atoms with Gasteiger partial charge in [0.15, 0.2) is 6.29 Å². The fourth-order valence-electron chi connectivity index (χ4n) is 5.92. The lowest BCUT2D eigenvalue weighted by Gasteiger charge is -2.49. The maximum Gasteiger partial charge on any atom is 0.312 e. The maximum absolute atomic E-state index is 10.00. The first kappa shape index (κ1) is 41.1. The van der Waals surface area contributed by atoms with E-state index in [1.54, 1.807) is 6.92 Å². The molecule has 3 fully saturated rings. The molecular weight excluding hydrogens is 700 g/mol. The minimum absolute atomic E-state index is 0.000417. The quantitative estimate of drug-likeness (QED) is 0.130. The summed E-state index contributed by atoms with van der Waals surface area (Å²) in [5.41, 5.74) is 0. The van der Waals surface area contributed by atoms with Gasteiger partial charge in [-0.1, -0.05) is 48.3 Å². The normalized spacial score (nSPS) is 41.6. The summed E-state index contributed by atoms with van der Waals surface area (Å²) in [7, 11) is 9.60. The van der Waals surface area contributed by atoms with Crippen LogP contribution in [0.4, 0.5) is 0 Å². The third kappa shape index (κ3) is 15.5. The molecule has 3 heterocycles. The smallest absolute Gasteiger partial charge is 0.312 e. The summed E-state index contributed by atoms with van der Waals surface area (Å²) in [6, 6.07) is 0. The number of rotatable bonds is 10. The summed E-state index contributed by atoms with van der Waals surface area (Å²) in [5.74, 6) is 1.37. The Morgan fingerprint density at radius 3 is 1.61 bits per heavy atom. The molecule has 0 bridgehead atoms. The Hall–Kier alpha value is 2.32. The van der Waals surface area contributed by atoms with E-state index in [2.05, 4.69) is 106 Å². The molecular formula is C27H64B4O9P4S2. The number of aliphatic hydroxyl groups is 3. The van der Waals surface area contributed by atoms with Gasteiger partial charge >= 0.3 is 13.3 Å². The van der Waals surface area contributed by atoms with E-state index >= 15 is 0 Å². The van der Waals surface area contributed by atoms with Gasteiger partial charge in [0.25, 0.3) is 0 Å². The molecule has 3 aliphatic rings. The first-order valence-corrected chi connectivity index (χ1v) is 19.8. The average Bonchev–Trinajstić information content (AvgIpc) is 2.99. The van der Waals surface area contributed by atoms with Crippen molar-refractivity contribution in [3.8, 4) is 0 Å². The van der Waals surface area contributed by atoms with Gasteiger partial charge in [0.2, 0.25) is 15.3 Å². The summed E-state index contributed by atoms with van der Waals surface area (Å²) < 4.78 is 62.9. The lowest BCUT2D eigenvalue weighted by molar-refractivity contribution is -0.303. The van der Waals surface area contributed by atoms with E-state index in [4.69, 9.17) is 33.8 Å². The van der Waals surface area contributed by atoms with Gasteiger partial charge in [-0.2, -0.15) is 18.2 Å². The number of thiol groups is 2. The first-order valence-electron chi connectivity index (χ1n) is 18.1. The van der Waals surface area contributed by atoms with Gasteiger partial charge in [-0.15, -0.1) is 18.2 Å². The molecule has 0 aliphatic carbocycles. The Kier molecular flexibility index (Phi) is 22.6. The van der Waals surface area contributed by atoms with Crippen molar-refractivity contribution in [1.82, 2.24) is 0 Å². The standard InChI is InChI=1S/C18H36BO5P.C9H20BO4P.2BH4PS/c1-9-10(2)13(5)22-18(11(9)3)23-17-14(6)21-15(8-20)12(4)16(17)24-19(7)25;1-5-7(4-11)13-6(2)8(12)9(5)14-10(3)15;2*2-1-3/h9-18,20H,8,25H2,1-7H3;5-9,11-12H,4,15H2,1-3H3;2*1,3H,2H2/i20T;11T;2*1D. The van der Waals surface area contributed by atoms with Gasteiger partial charge in [-0.3, -0.25) is 0 Å². The zero-order valence-electron chi connectivity index (χ0n) is 33.3. The summed E-state index contributed by atoms with van der Waals surface area (Å²) >= 11 is 7.19. The van der Waals surface area contributed by atoms with Gasteiger partial charge in [-0.05, 0) is 35.3 Å². The van der Waals surface area contributed by atoms with E-state index in [9.17, 15) is 5.11 Å². The van der Waals surface area contributed by atoms with Crippen LogP contribution < -0.4 is 0 Å². The van der Waals surface area contributed by atoms with E-state index in [1.165, 1.54) is 0 Å². The van der Waals surface area contributed by atoms with Crippen molar-refractivity contribution >= 4 is 87.2 Å². The third-order valence-corrected chi connectivity index (χ3v) is 9.45. The van der Waals surface area contributed by atoms with E-state index in [-0.39, 0.29) is 106 Å². The molecule has 0 aromatic rings. The zero-order chi connectivity index (χ0) is 39.0. The second kappa shape index (κ2) is 25.3. The molecule has 19 atom stereocenters. The molecule has 0 radical (unpaired) electrons. The van der Waals surface area contributed by atoms with Crippen molar-refractivity contribution < 1.29 is 43.6 Å². The molecule has 3 rings (SSSR count). The van der Waals surface area contributed by atoms with Crippen molar-refractivity contribution in [3.63, 3.8) is 0 Å². The number of ether oxygens (including phenoxy) is 4. The van der Waals surface area contributed by atoms with Crippen LogP contribution in [0.25, 0.3) is 0 Å². The van der Waals surface area contributed by atoms with Crippen molar-refractivity contribution in [3.05, 3.63) is 0 Å². The second-order valence-corrected chi connectivity index (χ2v) is 16.9. The molecule has 0 spiro atoms. The minimum Gasteiger partial charge on any atom is -0.426 e. The molecule has 270 valence electrons. The van der Waals surface area contributed by atoms with Crippen LogP contribution in [0, 0.1) is 29.6 Å². The summed E-state index contributed by atoms with van der Waals surface area (Å²) in [5, 5.41) is 19.0. The summed E-state index contributed by atoms with van der Waals surface area (Å²) in [4.78, 5) is 0. The van der Waals surface area contributed by atoms with E-state index in [0.29, 0.717) is 17.8 Å². The molecule has 3 N–H and O–H groups in total. The molecule has 0 amide bonds. The third-order valence-electron chi connectivity index (χ3n) is 9.13. The molecule has 3 saturated heterocycles. The van der Waals surface area contributed by atoms with Crippen LogP contribution in [0.1, 0.15) is 55.4 Å². The highest BCUT2D eigenvalue weighted by Crippen LogP contribution is 2.39.